The second-order valence-electron chi connectivity index (χ2n) is 6.04. The minimum Gasteiger partial charge on any atom is -0.507 e. The molecule has 0 radical (unpaired) electrons. The fourth-order valence-electron chi connectivity index (χ4n) is 3.13. The molecule has 0 atom stereocenters. The molecule has 0 aromatic heterocycles. The van der Waals surface area contributed by atoms with Crippen LogP contribution in [0.5, 0.6) is 17.2 Å². The Hall–Kier alpha value is -3.25. The van der Waals surface area contributed by atoms with Crippen LogP contribution in [0.1, 0.15) is 31.8 Å². The van der Waals surface area contributed by atoms with Crippen LogP contribution in [0.25, 0.3) is 0 Å². The number of carbonyl (C=O) groups excluding carboxylic acids is 2. The van der Waals surface area contributed by atoms with E-state index < -0.39 is 11.6 Å². The van der Waals surface area contributed by atoms with E-state index in [1.807, 2.05) is 18.4 Å². The highest BCUT2D eigenvalue weighted by Gasteiger charge is 2.35. The van der Waals surface area contributed by atoms with Crippen LogP contribution in [0.2, 0.25) is 0 Å². The van der Waals surface area contributed by atoms with Gasteiger partial charge in [-0.25, -0.2) is 0 Å². The number of thioether (sulfide) groups is 1. The third-order valence-electron chi connectivity index (χ3n) is 4.47. The highest BCUT2D eigenvalue weighted by atomic mass is 32.2. The number of aromatic hydroxyl groups is 1. The van der Waals surface area contributed by atoms with E-state index >= 15 is 0 Å². The molecule has 3 N–H and O–H groups in total. The smallest absolute Gasteiger partial charge is 0.198 e. The molecule has 0 fully saturated rings. The van der Waals surface area contributed by atoms with Crippen LogP contribution in [-0.2, 0) is 0 Å². The number of carbonyl (C=O) groups is 2. The molecule has 134 valence electrons. The van der Waals surface area contributed by atoms with Crippen molar-refractivity contribution in [1.29, 1.82) is 0 Å². The average Bonchev–Trinajstić information content (AvgIpc) is 2.69. The van der Waals surface area contributed by atoms with Gasteiger partial charge in [0.2, 0.25) is 0 Å². The predicted molar refractivity (Wildman–Crippen MR) is 104 cm³/mol. The Morgan fingerprint density at radius 3 is 2.11 bits per heavy atom. The summed E-state index contributed by atoms with van der Waals surface area (Å²) in [4.78, 5) is 26.7. The predicted octanol–water partition coefficient (Wildman–Crippen LogP) is 4.26. The maximum atomic E-state index is 12.9. The maximum Gasteiger partial charge on any atom is 0.198 e. The third kappa shape index (κ3) is 2.74. The van der Waals surface area contributed by atoms with Gasteiger partial charge in [0.05, 0.1) is 16.8 Å². The number of nitrogen functional groups attached to an aromatic ring is 1. The molecular weight excluding hydrogens is 362 g/mol. The third-order valence-corrected chi connectivity index (χ3v) is 5.21. The van der Waals surface area contributed by atoms with Gasteiger partial charge in [0.25, 0.3) is 0 Å². The van der Waals surface area contributed by atoms with Gasteiger partial charge in [0.15, 0.2) is 17.3 Å². The molecule has 0 spiro atoms. The fraction of sp³-hybridized carbons (Fsp3) is 0.0476. The first kappa shape index (κ1) is 17.2. The van der Waals surface area contributed by atoms with E-state index in [0.717, 1.165) is 4.90 Å². The fourth-order valence-corrected chi connectivity index (χ4v) is 3.54. The number of hydrogen-bond acceptors (Lipinski definition) is 6. The van der Waals surface area contributed by atoms with Gasteiger partial charge in [-0.15, -0.1) is 11.8 Å². The molecule has 0 bridgehead atoms. The van der Waals surface area contributed by atoms with Crippen molar-refractivity contribution in [3.63, 3.8) is 0 Å². The van der Waals surface area contributed by atoms with Gasteiger partial charge in [0.1, 0.15) is 11.5 Å². The van der Waals surface area contributed by atoms with Gasteiger partial charge < -0.3 is 15.6 Å². The summed E-state index contributed by atoms with van der Waals surface area (Å²) in [6.45, 7) is 0. The molecule has 6 heteroatoms. The van der Waals surface area contributed by atoms with Crippen molar-refractivity contribution in [2.24, 2.45) is 0 Å². The van der Waals surface area contributed by atoms with E-state index in [0.29, 0.717) is 5.75 Å². The van der Waals surface area contributed by atoms with E-state index in [2.05, 4.69) is 0 Å². The highest BCUT2D eigenvalue weighted by molar-refractivity contribution is 7.98. The van der Waals surface area contributed by atoms with E-state index in [9.17, 15) is 14.7 Å². The molecule has 0 saturated carbocycles. The summed E-state index contributed by atoms with van der Waals surface area (Å²) < 4.78 is 5.77. The summed E-state index contributed by atoms with van der Waals surface area (Å²) in [5, 5.41) is 10.4. The summed E-state index contributed by atoms with van der Waals surface area (Å²) in [5.41, 5.74) is 6.63. The Bertz CT molecular complexity index is 1090. The summed E-state index contributed by atoms with van der Waals surface area (Å²) in [7, 11) is 0. The number of benzene rings is 3. The highest BCUT2D eigenvalue weighted by Crippen LogP contribution is 2.42. The molecule has 0 amide bonds. The summed E-state index contributed by atoms with van der Waals surface area (Å²) in [6, 6.07) is 15.1. The molecule has 3 aromatic carbocycles. The lowest BCUT2D eigenvalue weighted by molar-refractivity contribution is 0.0977. The van der Waals surface area contributed by atoms with Gasteiger partial charge in [-0.1, -0.05) is 24.3 Å². The first-order valence-corrected chi connectivity index (χ1v) is 9.39. The molecule has 3 aromatic rings. The Morgan fingerprint density at radius 2 is 1.52 bits per heavy atom. The zero-order chi connectivity index (χ0) is 19.1. The molecule has 27 heavy (non-hydrogen) atoms. The number of ether oxygens (including phenoxy) is 1. The Balaban J connectivity index is 1.82. The molecule has 1 aliphatic carbocycles. The number of fused-ring (bicyclic) bond motifs is 2. The monoisotopic (exact) mass is 377 g/mol. The molecule has 0 unspecified atom stereocenters. The zero-order valence-electron chi connectivity index (χ0n) is 14.4. The van der Waals surface area contributed by atoms with Gasteiger partial charge in [-0.3, -0.25) is 9.59 Å². The van der Waals surface area contributed by atoms with Gasteiger partial charge in [0, 0.05) is 22.1 Å². The minimum atomic E-state index is -0.430. The van der Waals surface area contributed by atoms with Crippen molar-refractivity contribution in [2.45, 2.75) is 4.90 Å². The number of ketones is 2. The largest absolute Gasteiger partial charge is 0.507 e. The molecule has 0 heterocycles. The average molecular weight is 377 g/mol. The van der Waals surface area contributed by atoms with Crippen LogP contribution in [0.3, 0.4) is 0 Å². The molecule has 5 nitrogen and oxygen atoms in total. The van der Waals surface area contributed by atoms with Crippen molar-refractivity contribution in [2.75, 3.05) is 12.0 Å². The topological polar surface area (TPSA) is 89.6 Å². The van der Waals surface area contributed by atoms with Crippen molar-refractivity contribution < 1.29 is 19.4 Å². The Morgan fingerprint density at radius 1 is 0.926 bits per heavy atom. The minimum absolute atomic E-state index is 0.0190. The number of anilines is 1. The van der Waals surface area contributed by atoms with Crippen molar-refractivity contribution in [1.82, 2.24) is 0 Å². The number of rotatable bonds is 3. The Labute approximate surface area is 159 Å². The second-order valence-corrected chi connectivity index (χ2v) is 6.92. The summed E-state index contributed by atoms with van der Waals surface area (Å²) in [6.07, 6.45) is 1.97. The number of hydrogen-bond donors (Lipinski definition) is 2. The maximum absolute atomic E-state index is 12.9. The SMILES string of the molecule is CSc1ccc(Oc2cc(O)c3c(c2N)C(=O)c2ccccc2C3=O)cc1. The lowest BCUT2D eigenvalue weighted by Gasteiger charge is -2.21. The molecule has 0 aliphatic heterocycles. The first-order valence-electron chi connectivity index (χ1n) is 8.17. The van der Waals surface area contributed by atoms with E-state index in [-0.39, 0.29) is 39.4 Å². The van der Waals surface area contributed by atoms with Crippen LogP contribution in [0, 0.1) is 0 Å². The molecule has 0 saturated heterocycles. The zero-order valence-corrected chi connectivity index (χ0v) is 15.2. The Kier molecular flexibility index (Phi) is 4.12. The van der Waals surface area contributed by atoms with Crippen LogP contribution in [0.15, 0.2) is 59.5 Å². The number of phenols is 1. The van der Waals surface area contributed by atoms with Crippen LogP contribution in [0.4, 0.5) is 5.69 Å². The lowest BCUT2D eigenvalue weighted by atomic mass is 9.82. The number of nitrogens with two attached hydrogens (primary N) is 1. The number of phenolic OH excluding ortho intramolecular Hbond substituents is 1. The summed E-state index contributed by atoms with van der Waals surface area (Å²) >= 11 is 1.60. The van der Waals surface area contributed by atoms with E-state index in [1.54, 1.807) is 48.2 Å². The molecule has 4 rings (SSSR count). The summed E-state index contributed by atoms with van der Waals surface area (Å²) in [5.74, 6) is -0.531. The first-order chi connectivity index (χ1) is 13.0. The lowest BCUT2D eigenvalue weighted by Crippen LogP contribution is -2.22. The standard InChI is InChI=1S/C21H15NO4S/c1-27-12-8-6-11(7-9-12)26-16-10-15(23)17-18(19(16)22)21(25)14-5-3-2-4-13(14)20(17)24/h2-10,23H,22H2,1H3. The van der Waals surface area contributed by atoms with Crippen molar-refractivity contribution in [3.8, 4) is 17.2 Å². The van der Waals surface area contributed by atoms with Gasteiger partial charge in [-0.05, 0) is 30.5 Å². The quantitative estimate of drug-likeness (QED) is 0.315. The van der Waals surface area contributed by atoms with Crippen LogP contribution >= 0.6 is 11.8 Å². The van der Waals surface area contributed by atoms with Crippen LogP contribution < -0.4 is 10.5 Å². The normalized spacial score (nSPS) is 12.5. The molecule has 1 aliphatic rings. The van der Waals surface area contributed by atoms with Crippen molar-refractivity contribution >= 4 is 29.0 Å². The van der Waals surface area contributed by atoms with Gasteiger partial charge >= 0.3 is 0 Å². The van der Waals surface area contributed by atoms with E-state index in [4.69, 9.17) is 10.5 Å². The van der Waals surface area contributed by atoms with E-state index in [1.165, 1.54) is 6.07 Å². The van der Waals surface area contributed by atoms with Gasteiger partial charge in [-0.2, -0.15) is 0 Å². The van der Waals surface area contributed by atoms with Crippen molar-refractivity contribution in [3.05, 3.63) is 76.9 Å². The second kappa shape index (κ2) is 6.48. The molecular formula is C21H15NO4S. The van der Waals surface area contributed by atoms with Crippen LogP contribution in [-0.4, -0.2) is 22.9 Å².